The number of hydrogen-bond donors (Lipinski definition) is 1. The average Bonchev–Trinajstić information content (AvgIpc) is 3.03. The third-order valence-electron chi connectivity index (χ3n) is 6.59. The lowest BCUT2D eigenvalue weighted by atomic mass is 9.69. The molecule has 4 bridgehead atoms. The molecule has 4 aliphatic rings. The number of aliphatic hydroxyl groups excluding tert-OH is 1. The molecule has 4 rings (SSSR count). The van der Waals surface area contributed by atoms with Crippen LogP contribution in [0, 0.1) is 40.9 Å². The highest BCUT2D eigenvalue weighted by atomic mass is 16.5. The molecule has 0 radical (unpaired) electrons. The zero-order valence-corrected chi connectivity index (χ0v) is 12.7. The fraction of sp³-hybridized carbons (Fsp3) is 0.941. The summed E-state index contributed by atoms with van der Waals surface area (Å²) >= 11 is 0. The number of hydrogen-bond acceptors (Lipinski definition) is 3. The SMILES string of the molecule is CC(C)(C)C(=O)OC1CC2C[C@H]1C1C3CC(O)C(C3)C21. The molecule has 0 aromatic heterocycles. The second-order valence-electron chi connectivity index (χ2n) is 8.71. The van der Waals surface area contributed by atoms with Gasteiger partial charge in [-0.3, -0.25) is 4.79 Å². The first kappa shape index (κ1) is 13.1. The van der Waals surface area contributed by atoms with Gasteiger partial charge in [0, 0.05) is 0 Å². The average molecular weight is 278 g/mol. The van der Waals surface area contributed by atoms with Crippen molar-refractivity contribution in [1.29, 1.82) is 0 Å². The Kier molecular flexibility index (Phi) is 2.62. The fourth-order valence-electron chi connectivity index (χ4n) is 5.95. The van der Waals surface area contributed by atoms with E-state index in [2.05, 4.69) is 0 Å². The van der Waals surface area contributed by atoms with Crippen LogP contribution in [-0.4, -0.2) is 23.3 Å². The van der Waals surface area contributed by atoms with E-state index in [4.69, 9.17) is 4.74 Å². The Morgan fingerprint density at radius 1 is 1.00 bits per heavy atom. The van der Waals surface area contributed by atoms with Crippen molar-refractivity contribution in [2.45, 2.75) is 58.7 Å². The molecule has 112 valence electrons. The second kappa shape index (κ2) is 4.00. The van der Waals surface area contributed by atoms with Crippen LogP contribution in [0.2, 0.25) is 0 Å². The predicted molar refractivity (Wildman–Crippen MR) is 74.7 cm³/mol. The smallest absolute Gasteiger partial charge is 0.311 e. The molecule has 4 saturated carbocycles. The fourth-order valence-corrected chi connectivity index (χ4v) is 5.95. The number of ether oxygens (including phenoxy) is 1. The van der Waals surface area contributed by atoms with Gasteiger partial charge in [0.05, 0.1) is 11.5 Å². The minimum absolute atomic E-state index is 0.0452. The highest BCUT2D eigenvalue weighted by Gasteiger charge is 2.65. The van der Waals surface area contributed by atoms with E-state index < -0.39 is 5.41 Å². The van der Waals surface area contributed by atoms with E-state index in [-0.39, 0.29) is 18.2 Å². The van der Waals surface area contributed by atoms with Gasteiger partial charge in [-0.2, -0.15) is 0 Å². The van der Waals surface area contributed by atoms with E-state index in [1.54, 1.807) is 0 Å². The Morgan fingerprint density at radius 3 is 2.30 bits per heavy atom. The van der Waals surface area contributed by atoms with Gasteiger partial charge >= 0.3 is 5.97 Å². The molecular formula is C17H26O3. The molecule has 3 nitrogen and oxygen atoms in total. The van der Waals surface area contributed by atoms with E-state index in [0.717, 1.165) is 24.7 Å². The van der Waals surface area contributed by atoms with E-state index in [9.17, 15) is 9.90 Å². The monoisotopic (exact) mass is 278 g/mol. The van der Waals surface area contributed by atoms with Crippen molar-refractivity contribution in [2.24, 2.45) is 40.9 Å². The van der Waals surface area contributed by atoms with E-state index in [1.807, 2.05) is 20.8 Å². The molecular weight excluding hydrogens is 252 g/mol. The maximum atomic E-state index is 12.1. The van der Waals surface area contributed by atoms with Gasteiger partial charge < -0.3 is 9.84 Å². The summed E-state index contributed by atoms with van der Waals surface area (Å²) in [7, 11) is 0. The summed E-state index contributed by atoms with van der Waals surface area (Å²) < 4.78 is 5.85. The Bertz CT molecular complexity index is 438. The first-order valence-electron chi connectivity index (χ1n) is 8.25. The zero-order valence-electron chi connectivity index (χ0n) is 12.7. The molecule has 1 N–H and O–H groups in total. The standard InChI is InChI=1S/C17H26O3/c1-17(2,3)16(19)20-13-7-9-5-11(13)15-8-4-10(14(9)15)12(18)6-8/h8-15,18H,4-7H2,1-3H3/t8?,9?,10?,11-,12?,13?,14?,15?/m1/s1. The predicted octanol–water partition coefficient (Wildman–Crippen LogP) is 2.62. The first-order chi connectivity index (χ1) is 9.36. The van der Waals surface area contributed by atoms with Gasteiger partial charge in [-0.25, -0.2) is 0 Å². The normalized spacial score (nSPS) is 52.4. The molecule has 0 heterocycles. The van der Waals surface area contributed by atoms with Crippen LogP contribution in [0.25, 0.3) is 0 Å². The van der Waals surface area contributed by atoms with E-state index in [0.29, 0.717) is 23.7 Å². The summed E-state index contributed by atoms with van der Waals surface area (Å²) in [5.41, 5.74) is -0.397. The lowest BCUT2D eigenvalue weighted by molar-refractivity contribution is -0.164. The van der Waals surface area contributed by atoms with E-state index >= 15 is 0 Å². The van der Waals surface area contributed by atoms with Gasteiger partial charge in [-0.15, -0.1) is 0 Å². The maximum Gasteiger partial charge on any atom is 0.311 e. The molecule has 7 unspecified atom stereocenters. The molecule has 4 fully saturated rings. The Labute approximate surface area is 121 Å². The molecule has 3 heteroatoms. The van der Waals surface area contributed by atoms with Gasteiger partial charge in [0.25, 0.3) is 0 Å². The van der Waals surface area contributed by atoms with Gasteiger partial charge in [0.15, 0.2) is 0 Å². The summed E-state index contributed by atoms with van der Waals surface area (Å²) in [6.45, 7) is 5.79. The number of rotatable bonds is 1. The summed E-state index contributed by atoms with van der Waals surface area (Å²) in [6.07, 6.45) is 4.61. The highest BCUT2D eigenvalue weighted by Crippen LogP contribution is 2.67. The van der Waals surface area contributed by atoms with Gasteiger partial charge in [0.1, 0.15) is 6.10 Å². The molecule has 0 saturated heterocycles. The molecule has 20 heavy (non-hydrogen) atoms. The lowest BCUT2D eigenvalue weighted by Crippen LogP contribution is -2.41. The van der Waals surface area contributed by atoms with Gasteiger partial charge in [0.2, 0.25) is 0 Å². The van der Waals surface area contributed by atoms with Crippen molar-refractivity contribution >= 4 is 5.97 Å². The second-order valence-corrected chi connectivity index (χ2v) is 8.71. The largest absolute Gasteiger partial charge is 0.462 e. The van der Waals surface area contributed by atoms with Crippen molar-refractivity contribution < 1.29 is 14.6 Å². The van der Waals surface area contributed by atoms with Crippen LogP contribution in [0.1, 0.15) is 46.5 Å². The summed E-state index contributed by atoms with van der Waals surface area (Å²) in [5, 5.41) is 10.1. The molecule has 0 amide bonds. The van der Waals surface area contributed by atoms with Crippen LogP contribution in [0.15, 0.2) is 0 Å². The lowest BCUT2D eigenvalue weighted by Gasteiger charge is -2.40. The van der Waals surface area contributed by atoms with Crippen molar-refractivity contribution in [3.63, 3.8) is 0 Å². The summed E-state index contributed by atoms with van der Waals surface area (Å²) in [4.78, 5) is 12.1. The molecule has 0 aromatic rings. The Balaban J connectivity index is 1.50. The highest BCUT2D eigenvalue weighted by molar-refractivity contribution is 5.75. The maximum absolute atomic E-state index is 12.1. The van der Waals surface area contributed by atoms with Crippen molar-refractivity contribution in [2.75, 3.05) is 0 Å². The summed E-state index contributed by atoms with van der Waals surface area (Å²) in [5.74, 6) is 3.96. The van der Waals surface area contributed by atoms with Crippen molar-refractivity contribution in [1.82, 2.24) is 0 Å². The van der Waals surface area contributed by atoms with Crippen LogP contribution < -0.4 is 0 Å². The number of esters is 1. The van der Waals surface area contributed by atoms with Crippen LogP contribution in [0.3, 0.4) is 0 Å². The third kappa shape index (κ3) is 1.65. The summed E-state index contributed by atoms with van der Waals surface area (Å²) in [6, 6.07) is 0. The minimum Gasteiger partial charge on any atom is -0.462 e. The topological polar surface area (TPSA) is 46.5 Å². The molecule has 0 aliphatic heterocycles. The number of fused-ring (bicyclic) bond motifs is 9. The molecule has 8 atom stereocenters. The van der Waals surface area contributed by atoms with E-state index in [1.165, 1.54) is 12.8 Å². The van der Waals surface area contributed by atoms with Crippen LogP contribution in [0.4, 0.5) is 0 Å². The minimum atomic E-state index is -0.397. The Morgan fingerprint density at radius 2 is 1.60 bits per heavy atom. The van der Waals surface area contributed by atoms with Crippen molar-refractivity contribution in [3.8, 4) is 0 Å². The van der Waals surface area contributed by atoms with Crippen molar-refractivity contribution in [3.05, 3.63) is 0 Å². The van der Waals surface area contributed by atoms with Gasteiger partial charge in [-0.05, 0) is 82.0 Å². The quantitative estimate of drug-likeness (QED) is 0.592. The molecule has 0 aromatic carbocycles. The Hall–Kier alpha value is -0.570. The molecule has 0 spiro atoms. The van der Waals surface area contributed by atoms with Crippen LogP contribution in [-0.2, 0) is 9.53 Å². The van der Waals surface area contributed by atoms with Crippen LogP contribution in [0.5, 0.6) is 0 Å². The number of aliphatic hydroxyl groups is 1. The number of carbonyl (C=O) groups excluding carboxylic acids is 1. The third-order valence-corrected chi connectivity index (χ3v) is 6.59. The molecule has 4 aliphatic carbocycles. The zero-order chi connectivity index (χ0) is 14.2. The van der Waals surface area contributed by atoms with Crippen LogP contribution >= 0.6 is 0 Å². The number of carbonyl (C=O) groups is 1. The first-order valence-corrected chi connectivity index (χ1v) is 8.25. The van der Waals surface area contributed by atoms with Gasteiger partial charge in [-0.1, -0.05) is 0 Å².